The molecule has 5 nitrogen and oxygen atoms in total. The van der Waals surface area contributed by atoms with Crippen LogP contribution in [0.5, 0.6) is 0 Å². The molecule has 21 heavy (non-hydrogen) atoms. The van der Waals surface area contributed by atoms with Gasteiger partial charge in [-0.2, -0.15) is 0 Å². The molecule has 1 N–H and O–H groups in total. The standard InChI is InChI=1S/C16H35NO4/c1-4-6-8-18-9-10-19-11-12-20-13-14-21-15-16(17-3)7-5-2/h16-17H,4-15H2,1-3H3. The fourth-order valence-corrected chi connectivity index (χ4v) is 1.79. The van der Waals surface area contributed by atoms with Gasteiger partial charge in [-0.25, -0.2) is 0 Å². The Morgan fingerprint density at radius 1 is 0.714 bits per heavy atom. The molecule has 0 spiro atoms. The van der Waals surface area contributed by atoms with Crippen molar-refractivity contribution >= 4 is 0 Å². The Morgan fingerprint density at radius 2 is 1.24 bits per heavy atom. The Labute approximate surface area is 130 Å². The van der Waals surface area contributed by atoms with E-state index in [0.717, 1.165) is 26.1 Å². The molecule has 0 aromatic rings. The lowest BCUT2D eigenvalue weighted by atomic mass is 10.2. The summed E-state index contributed by atoms with van der Waals surface area (Å²) in [6, 6.07) is 0.450. The third-order valence-electron chi connectivity index (χ3n) is 3.12. The summed E-state index contributed by atoms with van der Waals surface area (Å²) < 4.78 is 21.8. The van der Waals surface area contributed by atoms with E-state index in [1.807, 2.05) is 7.05 Å². The minimum absolute atomic E-state index is 0.450. The molecule has 0 saturated carbocycles. The molecule has 0 heterocycles. The van der Waals surface area contributed by atoms with Crippen molar-refractivity contribution in [2.45, 2.75) is 45.6 Å². The summed E-state index contributed by atoms with van der Waals surface area (Å²) in [4.78, 5) is 0. The second kappa shape index (κ2) is 17.9. The molecule has 0 aromatic carbocycles. The van der Waals surface area contributed by atoms with Gasteiger partial charge in [0.25, 0.3) is 0 Å². The summed E-state index contributed by atoms with van der Waals surface area (Å²) in [5.74, 6) is 0. The minimum atomic E-state index is 0.450. The first kappa shape index (κ1) is 20.8. The summed E-state index contributed by atoms with van der Waals surface area (Å²) in [5.41, 5.74) is 0. The topological polar surface area (TPSA) is 49.0 Å². The zero-order valence-corrected chi connectivity index (χ0v) is 14.2. The van der Waals surface area contributed by atoms with Gasteiger partial charge in [0.1, 0.15) is 0 Å². The average molecular weight is 305 g/mol. The molecule has 1 unspecified atom stereocenters. The van der Waals surface area contributed by atoms with E-state index in [-0.39, 0.29) is 0 Å². The van der Waals surface area contributed by atoms with Crippen LogP contribution in [0, 0.1) is 0 Å². The molecule has 0 aromatic heterocycles. The van der Waals surface area contributed by atoms with Gasteiger partial charge in [0.2, 0.25) is 0 Å². The van der Waals surface area contributed by atoms with E-state index >= 15 is 0 Å². The van der Waals surface area contributed by atoms with Gasteiger partial charge >= 0.3 is 0 Å². The summed E-state index contributed by atoms with van der Waals surface area (Å²) in [6.07, 6.45) is 4.61. The first-order chi connectivity index (χ1) is 10.3. The van der Waals surface area contributed by atoms with Crippen molar-refractivity contribution in [1.82, 2.24) is 5.32 Å². The lowest BCUT2D eigenvalue weighted by Crippen LogP contribution is -2.30. The maximum absolute atomic E-state index is 5.57. The van der Waals surface area contributed by atoms with Crippen LogP contribution in [0.25, 0.3) is 0 Å². The Bertz CT molecular complexity index is 193. The van der Waals surface area contributed by atoms with Crippen molar-refractivity contribution in [3.63, 3.8) is 0 Å². The fraction of sp³-hybridized carbons (Fsp3) is 1.00. The minimum Gasteiger partial charge on any atom is -0.379 e. The number of rotatable bonds is 17. The summed E-state index contributed by atoms with van der Waals surface area (Å²) in [6.45, 7) is 9.73. The second-order valence-corrected chi connectivity index (χ2v) is 5.04. The van der Waals surface area contributed by atoms with Crippen LogP contribution >= 0.6 is 0 Å². The summed E-state index contributed by atoms with van der Waals surface area (Å²) >= 11 is 0. The predicted molar refractivity (Wildman–Crippen MR) is 85.9 cm³/mol. The van der Waals surface area contributed by atoms with Gasteiger partial charge < -0.3 is 24.3 Å². The van der Waals surface area contributed by atoms with Crippen molar-refractivity contribution in [2.75, 3.05) is 59.9 Å². The number of hydrogen-bond donors (Lipinski definition) is 1. The Hall–Kier alpha value is -0.200. The maximum Gasteiger partial charge on any atom is 0.0701 e. The Balaban J connectivity index is 3.08. The van der Waals surface area contributed by atoms with Crippen LogP contribution in [0.15, 0.2) is 0 Å². The van der Waals surface area contributed by atoms with Crippen LogP contribution in [-0.4, -0.2) is 65.9 Å². The number of hydrogen-bond acceptors (Lipinski definition) is 5. The van der Waals surface area contributed by atoms with E-state index in [4.69, 9.17) is 18.9 Å². The first-order valence-electron chi connectivity index (χ1n) is 8.33. The van der Waals surface area contributed by atoms with Gasteiger partial charge in [0, 0.05) is 12.6 Å². The molecule has 1 atom stereocenters. The Kier molecular flexibility index (Phi) is 17.7. The van der Waals surface area contributed by atoms with Crippen LogP contribution < -0.4 is 5.32 Å². The summed E-state index contributed by atoms with van der Waals surface area (Å²) in [7, 11) is 1.98. The van der Waals surface area contributed by atoms with Crippen molar-refractivity contribution < 1.29 is 18.9 Å². The monoisotopic (exact) mass is 305 g/mol. The lowest BCUT2D eigenvalue weighted by molar-refractivity contribution is -0.00433. The second-order valence-electron chi connectivity index (χ2n) is 5.04. The molecule has 0 amide bonds. The van der Waals surface area contributed by atoms with E-state index in [1.165, 1.54) is 12.8 Å². The van der Waals surface area contributed by atoms with Crippen LogP contribution in [0.1, 0.15) is 39.5 Å². The van der Waals surface area contributed by atoms with E-state index in [1.54, 1.807) is 0 Å². The molecule has 128 valence electrons. The number of ether oxygens (including phenoxy) is 4. The average Bonchev–Trinajstić information content (AvgIpc) is 2.50. The van der Waals surface area contributed by atoms with Gasteiger partial charge in [-0.3, -0.25) is 0 Å². The third kappa shape index (κ3) is 16.0. The molecule has 0 bridgehead atoms. The Morgan fingerprint density at radius 3 is 1.71 bits per heavy atom. The van der Waals surface area contributed by atoms with E-state index in [9.17, 15) is 0 Å². The van der Waals surface area contributed by atoms with Crippen molar-refractivity contribution in [3.05, 3.63) is 0 Å². The van der Waals surface area contributed by atoms with Crippen LogP contribution in [-0.2, 0) is 18.9 Å². The zero-order chi connectivity index (χ0) is 15.6. The van der Waals surface area contributed by atoms with Crippen molar-refractivity contribution in [2.24, 2.45) is 0 Å². The van der Waals surface area contributed by atoms with Gasteiger partial charge in [-0.05, 0) is 19.9 Å². The molecule has 0 aliphatic rings. The van der Waals surface area contributed by atoms with Crippen molar-refractivity contribution in [3.8, 4) is 0 Å². The SMILES string of the molecule is CCCCOCCOCCOCCOCC(CCC)NC. The quantitative estimate of drug-likeness (QED) is 0.418. The number of unbranched alkanes of at least 4 members (excludes halogenated alkanes) is 1. The van der Waals surface area contributed by atoms with Crippen LogP contribution in [0.4, 0.5) is 0 Å². The molecule has 0 rings (SSSR count). The largest absolute Gasteiger partial charge is 0.379 e. The molecule has 0 aliphatic carbocycles. The first-order valence-corrected chi connectivity index (χ1v) is 8.33. The zero-order valence-electron chi connectivity index (χ0n) is 14.2. The number of likely N-dealkylation sites (N-methyl/N-ethyl adjacent to an activating group) is 1. The van der Waals surface area contributed by atoms with E-state index in [0.29, 0.717) is 45.7 Å². The highest BCUT2D eigenvalue weighted by atomic mass is 16.6. The fourth-order valence-electron chi connectivity index (χ4n) is 1.79. The van der Waals surface area contributed by atoms with Gasteiger partial charge in [0.15, 0.2) is 0 Å². The van der Waals surface area contributed by atoms with Gasteiger partial charge in [0.05, 0.1) is 46.2 Å². The predicted octanol–water partition coefficient (Wildman–Crippen LogP) is 2.24. The molecular formula is C16H35NO4. The van der Waals surface area contributed by atoms with Gasteiger partial charge in [-0.1, -0.05) is 26.7 Å². The highest BCUT2D eigenvalue weighted by molar-refractivity contribution is 4.61. The van der Waals surface area contributed by atoms with Crippen LogP contribution in [0.3, 0.4) is 0 Å². The molecule has 0 radical (unpaired) electrons. The maximum atomic E-state index is 5.57. The molecule has 0 aliphatic heterocycles. The van der Waals surface area contributed by atoms with E-state index < -0.39 is 0 Å². The highest BCUT2D eigenvalue weighted by Crippen LogP contribution is 1.96. The lowest BCUT2D eigenvalue weighted by Gasteiger charge is -2.15. The number of nitrogens with one attached hydrogen (secondary N) is 1. The molecular weight excluding hydrogens is 270 g/mol. The smallest absolute Gasteiger partial charge is 0.0701 e. The molecule has 0 saturated heterocycles. The van der Waals surface area contributed by atoms with Gasteiger partial charge in [-0.15, -0.1) is 0 Å². The molecule has 0 fully saturated rings. The molecule has 5 heteroatoms. The van der Waals surface area contributed by atoms with E-state index in [2.05, 4.69) is 19.2 Å². The highest BCUT2D eigenvalue weighted by Gasteiger charge is 2.03. The summed E-state index contributed by atoms with van der Waals surface area (Å²) in [5, 5.41) is 3.25. The third-order valence-corrected chi connectivity index (χ3v) is 3.12. The van der Waals surface area contributed by atoms with Crippen LogP contribution in [0.2, 0.25) is 0 Å². The normalized spacial score (nSPS) is 12.7. The van der Waals surface area contributed by atoms with Crippen molar-refractivity contribution in [1.29, 1.82) is 0 Å².